The summed E-state index contributed by atoms with van der Waals surface area (Å²) in [5.41, 5.74) is 2.10. The summed E-state index contributed by atoms with van der Waals surface area (Å²) in [4.78, 5) is 18.7. The van der Waals surface area contributed by atoms with Crippen LogP contribution in [0.1, 0.15) is 11.1 Å². The van der Waals surface area contributed by atoms with Crippen LogP contribution in [0.25, 0.3) is 10.8 Å². The molecule has 0 spiro atoms. The van der Waals surface area contributed by atoms with Crippen molar-refractivity contribution in [3.8, 4) is 0 Å². The molecule has 2 aromatic carbocycles. The Morgan fingerprint density at radius 1 is 1.03 bits per heavy atom. The number of pyridine rings is 1. The van der Waals surface area contributed by atoms with Crippen LogP contribution in [-0.4, -0.2) is 54.7 Å². The molecule has 1 fully saturated rings. The molecule has 0 saturated carbocycles. The number of aryl methyl sites for hydroxylation is 1. The van der Waals surface area contributed by atoms with Crippen LogP contribution in [0.2, 0.25) is 0 Å². The van der Waals surface area contributed by atoms with E-state index in [9.17, 15) is 13.2 Å². The van der Waals surface area contributed by atoms with E-state index >= 15 is 0 Å². The molecule has 150 valence electrons. The number of sulfonamides is 1. The molecule has 2 heterocycles. The Morgan fingerprint density at radius 3 is 2.55 bits per heavy atom. The minimum atomic E-state index is -3.63. The third-order valence-electron chi connectivity index (χ3n) is 5.29. The number of nitrogens with zero attached hydrogens (tertiary/aromatic N) is 3. The largest absolute Gasteiger partial charge is 0.340 e. The number of rotatable bonds is 4. The van der Waals surface area contributed by atoms with Crippen molar-refractivity contribution in [3.05, 3.63) is 72.1 Å². The Labute approximate surface area is 170 Å². The highest BCUT2D eigenvalue weighted by Gasteiger charge is 2.31. The van der Waals surface area contributed by atoms with E-state index < -0.39 is 10.0 Å². The smallest absolute Gasteiger partial charge is 0.243 e. The van der Waals surface area contributed by atoms with E-state index in [0.717, 1.165) is 16.5 Å². The van der Waals surface area contributed by atoms with Crippen molar-refractivity contribution in [1.82, 2.24) is 14.2 Å². The maximum atomic E-state index is 13.2. The Morgan fingerprint density at radius 2 is 1.79 bits per heavy atom. The molecule has 1 aromatic heterocycles. The second-order valence-electron chi connectivity index (χ2n) is 7.30. The predicted molar refractivity (Wildman–Crippen MR) is 112 cm³/mol. The van der Waals surface area contributed by atoms with Crippen LogP contribution in [0, 0.1) is 6.92 Å². The van der Waals surface area contributed by atoms with Gasteiger partial charge in [-0.2, -0.15) is 4.31 Å². The number of piperazine rings is 1. The van der Waals surface area contributed by atoms with E-state index in [1.54, 1.807) is 35.5 Å². The summed E-state index contributed by atoms with van der Waals surface area (Å²) in [6.07, 6.45) is 3.60. The van der Waals surface area contributed by atoms with Crippen molar-refractivity contribution in [1.29, 1.82) is 0 Å². The number of benzene rings is 2. The topological polar surface area (TPSA) is 70.6 Å². The van der Waals surface area contributed by atoms with Crippen molar-refractivity contribution >= 4 is 26.7 Å². The van der Waals surface area contributed by atoms with Gasteiger partial charge in [-0.1, -0.05) is 42.0 Å². The van der Waals surface area contributed by atoms with E-state index in [1.807, 2.05) is 37.3 Å². The van der Waals surface area contributed by atoms with Crippen molar-refractivity contribution in [2.45, 2.75) is 18.2 Å². The average Bonchev–Trinajstić information content (AvgIpc) is 2.73. The predicted octanol–water partition coefficient (Wildman–Crippen LogP) is 2.62. The van der Waals surface area contributed by atoms with Gasteiger partial charge < -0.3 is 4.90 Å². The van der Waals surface area contributed by atoms with Crippen molar-refractivity contribution in [2.24, 2.45) is 0 Å². The van der Waals surface area contributed by atoms with Crippen LogP contribution in [0.5, 0.6) is 0 Å². The van der Waals surface area contributed by atoms with Crippen LogP contribution in [0.4, 0.5) is 0 Å². The Bertz CT molecular complexity index is 1150. The summed E-state index contributed by atoms with van der Waals surface area (Å²) in [5.74, 6) is 0.0314. The Kier molecular flexibility index (Phi) is 5.34. The zero-order valence-electron chi connectivity index (χ0n) is 16.3. The van der Waals surface area contributed by atoms with Crippen molar-refractivity contribution < 1.29 is 13.2 Å². The summed E-state index contributed by atoms with van der Waals surface area (Å²) in [7, 11) is -3.63. The summed E-state index contributed by atoms with van der Waals surface area (Å²) < 4.78 is 27.9. The van der Waals surface area contributed by atoms with E-state index in [2.05, 4.69) is 4.98 Å². The third kappa shape index (κ3) is 4.02. The molecule has 4 rings (SSSR count). The molecular weight excluding hydrogens is 386 g/mol. The second-order valence-corrected chi connectivity index (χ2v) is 9.21. The lowest BCUT2D eigenvalue weighted by Crippen LogP contribution is -2.50. The first kappa shape index (κ1) is 19.5. The number of hydrogen-bond donors (Lipinski definition) is 0. The monoisotopic (exact) mass is 409 g/mol. The van der Waals surface area contributed by atoms with Gasteiger partial charge in [0, 0.05) is 49.3 Å². The Balaban J connectivity index is 1.46. The van der Waals surface area contributed by atoms with Gasteiger partial charge in [0.2, 0.25) is 15.9 Å². The van der Waals surface area contributed by atoms with E-state index in [0.29, 0.717) is 38.0 Å². The minimum Gasteiger partial charge on any atom is -0.340 e. The summed E-state index contributed by atoms with van der Waals surface area (Å²) >= 11 is 0. The molecule has 1 aliphatic heterocycles. The van der Waals surface area contributed by atoms with Gasteiger partial charge >= 0.3 is 0 Å². The molecule has 6 nitrogen and oxygen atoms in total. The third-order valence-corrected chi connectivity index (χ3v) is 7.24. The van der Waals surface area contributed by atoms with E-state index in [-0.39, 0.29) is 10.8 Å². The highest BCUT2D eigenvalue weighted by molar-refractivity contribution is 7.89. The van der Waals surface area contributed by atoms with Crippen molar-refractivity contribution in [2.75, 3.05) is 26.2 Å². The zero-order chi connectivity index (χ0) is 20.4. The second kappa shape index (κ2) is 7.93. The molecule has 3 aromatic rings. The average molecular weight is 410 g/mol. The number of amides is 1. The molecule has 0 aliphatic carbocycles. The fourth-order valence-corrected chi connectivity index (χ4v) is 5.38. The van der Waals surface area contributed by atoms with Crippen LogP contribution in [0.15, 0.2) is 65.8 Å². The zero-order valence-corrected chi connectivity index (χ0v) is 17.1. The number of carbonyl (C=O) groups is 1. The molecule has 0 unspecified atom stereocenters. The van der Waals surface area contributed by atoms with Gasteiger partial charge in [0.1, 0.15) is 0 Å². The van der Waals surface area contributed by atoms with Gasteiger partial charge in [0.15, 0.2) is 0 Å². The molecule has 29 heavy (non-hydrogen) atoms. The summed E-state index contributed by atoms with van der Waals surface area (Å²) in [5, 5.41) is 1.46. The molecule has 0 N–H and O–H groups in total. The molecule has 1 aliphatic rings. The molecule has 0 radical (unpaired) electrons. The quantitative estimate of drug-likeness (QED) is 0.664. The number of carbonyl (C=O) groups excluding carboxylic acids is 1. The fraction of sp³-hybridized carbons (Fsp3) is 0.273. The highest BCUT2D eigenvalue weighted by Crippen LogP contribution is 2.26. The van der Waals surface area contributed by atoms with Crippen molar-refractivity contribution in [3.63, 3.8) is 0 Å². The maximum absolute atomic E-state index is 13.2. The number of fused-ring (bicyclic) bond motifs is 1. The van der Waals surface area contributed by atoms with Crippen LogP contribution in [-0.2, 0) is 21.2 Å². The minimum absolute atomic E-state index is 0.0314. The first-order valence-electron chi connectivity index (χ1n) is 9.61. The van der Waals surface area contributed by atoms with Gasteiger partial charge in [0.25, 0.3) is 0 Å². The van der Waals surface area contributed by atoms with E-state index in [1.165, 1.54) is 4.31 Å². The van der Waals surface area contributed by atoms with Gasteiger partial charge in [0.05, 0.1) is 11.3 Å². The normalized spacial score (nSPS) is 15.6. The number of hydrogen-bond acceptors (Lipinski definition) is 4. The molecule has 1 saturated heterocycles. The van der Waals surface area contributed by atoms with Gasteiger partial charge in [-0.3, -0.25) is 9.78 Å². The summed E-state index contributed by atoms with van der Waals surface area (Å²) in [6.45, 7) is 3.39. The Hall–Kier alpha value is -2.77. The van der Waals surface area contributed by atoms with Gasteiger partial charge in [-0.05, 0) is 24.6 Å². The summed E-state index contributed by atoms with van der Waals surface area (Å²) in [6, 6.07) is 14.8. The maximum Gasteiger partial charge on any atom is 0.243 e. The lowest BCUT2D eigenvalue weighted by molar-refractivity contribution is -0.131. The lowest BCUT2D eigenvalue weighted by atomic mass is 10.1. The number of aromatic nitrogens is 1. The molecular formula is C22H23N3O3S. The fourth-order valence-electron chi connectivity index (χ4n) is 3.74. The highest BCUT2D eigenvalue weighted by atomic mass is 32.2. The molecule has 7 heteroatoms. The van der Waals surface area contributed by atoms with Gasteiger partial charge in [-0.25, -0.2) is 8.42 Å². The standard InChI is InChI=1S/C22H23N3O3S/c1-17-4-2-5-18(14-17)15-22(26)24-10-12-25(13-11-24)29(27,28)21-7-3-6-19-16-23-9-8-20(19)21/h2-9,14,16H,10-13,15H2,1H3. The van der Waals surface area contributed by atoms with Crippen LogP contribution in [0.3, 0.4) is 0 Å². The van der Waals surface area contributed by atoms with Crippen LogP contribution >= 0.6 is 0 Å². The molecule has 0 atom stereocenters. The molecule has 0 bridgehead atoms. The van der Waals surface area contributed by atoms with Gasteiger partial charge in [-0.15, -0.1) is 0 Å². The first-order valence-corrected chi connectivity index (χ1v) is 11.1. The van der Waals surface area contributed by atoms with Crippen LogP contribution < -0.4 is 0 Å². The van der Waals surface area contributed by atoms with E-state index in [4.69, 9.17) is 0 Å². The lowest BCUT2D eigenvalue weighted by Gasteiger charge is -2.34. The SMILES string of the molecule is Cc1cccc(CC(=O)N2CCN(S(=O)(=O)c3cccc4cnccc34)CC2)c1. The first-order chi connectivity index (χ1) is 13.9. The molecule has 1 amide bonds.